The standard InChI is InChI=1S/C22H17Cl2N3O2S2/c1-11-3-5-13(6-4-11)15-10-30-21-18(15)20(29)26-22(27-21)31-12(2)19(28)25-17-9-14(23)7-8-16(17)24/h3-10,12H,1-2H3,(H,25,28)(H,26,27,29). The van der Waals surface area contributed by atoms with E-state index in [0.29, 0.717) is 31.1 Å². The molecule has 2 aromatic heterocycles. The maximum atomic E-state index is 12.8. The Kier molecular flexibility index (Phi) is 6.39. The van der Waals surface area contributed by atoms with Crippen molar-refractivity contribution in [1.82, 2.24) is 9.97 Å². The van der Waals surface area contributed by atoms with Crippen molar-refractivity contribution in [1.29, 1.82) is 0 Å². The summed E-state index contributed by atoms with van der Waals surface area (Å²) in [6, 6.07) is 12.9. The van der Waals surface area contributed by atoms with E-state index in [2.05, 4.69) is 15.3 Å². The molecule has 2 N–H and O–H groups in total. The maximum Gasteiger partial charge on any atom is 0.260 e. The number of amides is 1. The molecular weight excluding hydrogens is 473 g/mol. The number of thiophene rings is 1. The minimum Gasteiger partial charge on any atom is -0.324 e. The summed E-state index contributed by atoms with van der Waals surface area (Å²) in [5, 5.41) is 5.98. The minimum atomic E-state index is -0.521. The van der Waals surface area contributed by atoms with Gasteiger partial charge in [0.25, 0.3) is 5.56 Å². The third-order valence-corrected chi connectivity index (χ3v) is 7.05. The van der Waals surface area contributed by atoms with Crippen LogP contribution in [0.25, 0.3) is 21.3 Å². The molecule has 0 spiro atoms. The monoisotopic (exact) mass is 489 g/mol. The first kappa shape index (κ1) is 21.9. The summed E-state index contributed by atoms with van der Waals surface area (Å²) in [7, 11) is 0. The lowest BCUT2D eigenvalue weighted by Gasteiger charge is -2.12. The van der Waals surface area contributed by atoms with Crippen LogP contribution >= 0.6 is 46.3 Å². The van der Waals surface area contributed by atoms with Gasteiger partial charge in [-0.15, -0.1) is 11.3 Å². The Bertz CT molecular complexity index is 1330. The Morgan fingerprint density at radius 1 is 1.19 bits per heavy atom. The number of carbonyl (C=O) groups excluding carboxylic acids is 1. The molecule has 0 aliphatic heterocycles. The summed E-state index contributed by atoms with van der Waals surface area (Å²) in [6.45, 7) is 3.75. The first-order valence-corrected chi connectivity index (χ1v) is 11.8. The van der Waals surface area contributed by atoms with Gasteiger partial charge in [-0.3, -0.25) is 9.59 Å². The zero-order valence-corrected chi connectivity index (χ0v) is 19.7. The van der Waals surface area contributed by atoms with Crippen molar-refractivity contribution in [3.63, 3.8) is 0 Å². The lowest BCUT2D eigenvalue weighted by molar-refractivity contribution is -0.115. The predicted octanol–water partition coefficient (Wildman–Crippen LogP) is 6.39. The average molecular weight is 490 g/mol. The number of anilines is 1. The van der Waals surface area contributed by atoms with Crippen LogP contribution in [0.3, 0.4) is 0 Å². The number of aromatic nitrogens is 2. The highest BCUT2D eigenvalue weighted by Crippen LogP contribution is 2.32. The fourth-order valence-electron chi connectivity index (χ4n) is 2.98. The summed E-state index contributed by atoms with van der Waals surface area (Å²) in [5.74, 6) is -0.275. The number of H-pyrrole nitrogens is 1. The molecule has 158 valence electrons. The molecule has 31 heavy (non-hydrogen) atoms. The number of carbonyl (C=O) groups is 1. The Balaban J connectivity index is 1.56. The van der Waals surface area contributed by atoms with Crippen molar-refractivity contribution in [2.75, 3.05) is 5.32 Å². The highest BCUT2D eigenvalue weighted by molar-refractivity contribution is 8.00. The van der Waals surface area contributed by atoms with Crippen molar-refractivity contribution in [3.8, 4) is 11.1 Å². The number of aromatic amines is 1. The number of halogens is 2. The molecule has 1 unspecified atom stereocenters. The number of hydrogen-bond donors (Lipinski definition) is 2. The van der Waals surface area contributed by atoms with E-state index in [0.717, 1.165) is 16.7 Å². The predicted molar refractivity (Wildman–Crippen MR) is 131 cm³/mol. The summed E-state index contributed by atoms with van der Waals surface area (Å²) >= 11 is 14.7. The lowest BCUT2D eigenvalue weighted by Crippen LogP contribution is -2.23. The van der Waals surface area contributed by atoms with E-state index in [-0.39, 0.29) is 11.5 Å². The van der Waals surface area contributed by atoms with Gasteiger partial charge in [0.2, 0.25) is 5.91 Å². The highest BCUT2D eigenvalue weighted by atomic mass is 35.5. The van der Waals surface area contributed by atoms with Crippen molar-refractivity contribution in [2.24, 2.45) is 0 Å². The number of rotatable bonds is 5. The third kappa shape index (κ3) is 4.80. The summed E-state index contributed by atoms with van der Waals surface area (Å²) < 4.78 is 0. The number of aryl methyl sites for hydroxylation is 1. The number of nitrogens with one attached hydrogen (secondary N) is 2. The van der Waals surface area contributed by atoms with Gasteiger partial charge in [-0.1, -0.05) is 64.8 Å². The second-order valence-electron chi connectivity index (χ2n) is 6.94. The van der Waals surface area contributed by atoms with Crippen LogP contribution in [-0.2, 0) is 4.79 Å². The van der Waals surface area contributed by atoms with Crippen molar-refractivity contribution in [2.45, 2.75) is 24.3 Å². The minimum absolute atomic E-state index is 0.227. The van der Waals surface area contributed by atoms with Crippen LogP contribution in [0, 0.1) is 6.92 Å². The Morgan fingerprint density at radius 3 is 2.68 bits per heavy atom. The van der Waals surface area contributed by atoms with Gasteiger partial charge in [-0.25, -0.2) is 4.98 Å². The Morgan fingerprint density at radius 2 is 1.94 bits per heavy atom. The first-order chi connectivity index (χ1) is 14.8. The van der Waals surface area contributed by atoms with E-state index in [1.165, 1.54) is 23.1 Å². The van der Waals surface area contributed by atoms with E-state index in [4.69, 9.17) is 23.2 Å². The second kappa shape index (κ2) is 9.04. The molecule has 0 saturated carbocycles. The van der Waals surface area contributed by atoms with Crippen molar-refractivity contribution in [3.05, 3.63) is 73.8 Å². The van der Waals surface area contributed by atoms with Gasteiger partial charge in [0, 0.05) is 16.0 Å². The molecule has 1 amide bonds. The van der Waals surface area contributed by atoms with E-state index in [9.17, 15) is 9.59 Å². The van der Waals surface area contributed by atoms with E-state index < -0.39 is 5.25 Å². The van der Waals surface area contributed by atoms with Crippen LogP contribution in [0.15, 0.2) is 57.8 Å². The average Bonchev–Trinajstić information content (AvgIpc) is 3.15. The lowest BCUT2D eigenvalue weighted by atomic mass is 10.1. The first-order valence-electron chi connectivity index (χ1n) is 9.33. The zero-order valence-electron chi connectivity index (χ0n) is 16.5. The molecule has 4 rings (SSSR count). The SMILES string of the molecule is Cc1ccc(-c2csc3nc(SC(C)C(=O)Nc4cc(Cl)ccc4Cl)[nH]c(=O)c23)cc1. The van der Waals surface area contributed by atoms with Gasteiger partial charge in [0.1, 0.15) is 4.83 Å². The molecule has 0 saturated heterocycles. The van der Waals surface area contributed by atoms with E-state index in [1.54, 1.807) is 25.1 Å². The van der Waals surface area contributed by atoms with Crippen molar-refractivity contribution < 1.29 is 4.79 Å². The van der Waals surface area contributed by atoms with Gasteiger partial charge in [0.15, 0.2) is 5.16 Å². The van der Waals surface area contributed by atoms with E-state index >= 15 is 0 Å². The summed E-state index contributed by atoms with van der Waals surface area (Å²) in [4.78, 5) is 33.4. The topological polar surface area (TPSA) is 74.8 Å². The van der Waals surface area contributed by atoms with Gasteiger partial charge in [-0.05, 0) is 37.6 Å². The normalized spacial score (nSPS) is 12.1. The largest absolute Gasteiger partial charge is 0.324 e. The molecule has 9 heteroatoms. The Labute approximate surface area is 196 Å². The van der Waals surface area contributed by atoms with Crippen LogP contribution in [0.5, 0.6) is 0 Å². The number of thioether (sulfide) groups is 1. The molecule has 0 aliphatic rings. The molecular formula is C22H17Cl2N3O2S2. The van der Waals surface area contributed by atoms with Crippen molar-refractivity contribution >= 4 is 68.1 Å². The van der Waals surface area contributed by atoms with Gasteiger partial charge < -0.3 is 10.3 Å². The smallest absolute Gasteiger partial charge is 0.260 e. The van der Waals surface area contributed by atoms with Crippen LogP contribution in [-0.4, -0.2) is 21.1 Å². The molecule has 0 fully saturated rings. The number of hydrogen-bond acceptors (Lipinski definition) is 5. The number of benzene rings is 2. The van der Waals surface area contributed by atoms with E-state index in [1.807, 2.05) is 36.6 Å². The molecule has 2 aromatic carbocycles. The van der Waals surface area contributed by atoms with Gasteiger partial charge >= 0.3 is 0 Å². The van der Waals surface area contributed by atoms with Crippen LogP contribution in [0.1, 0.15) is 12.5 Å². The fourth-order valence-corrected chi connectivity index (χ4v) is 5.12. The maximum absolute atomic E-state index is 12.8. The summed E-state index contributed by atoms with van der Waals surface area (Å²) in [6.07, 6.45) is 0. The third-order valence-electron chi connectivity index (χ3n) is 4.63. The molecule has 0 radical (unpaired) electrons. The van der Waals surface area contributed by atoms with Gasteiger partial charge in [-0.2, -0.15) is 0 Å². The summed E-state index contributed by atoms with van der Waals surface area (Å²) in [5.41, 5.74) is 3.18. The number of nitrogens with zero attached hydrogens (tertiary/aromatic N) is 1. The Hall–Kier alpha value is -2.32. The molecule has 4 aromatic rings. The van der Waals surface area contributed by atoms with Crippen LogP contribution in [0.4, 0.5) is 5.69 Å². The van der Waals surface area contributed by atoms with Crippen LogP contribution < -0.4 is 10.9 Å². The molecule has 2 heterocycles. The molecule has 0 aliphatic carbocycles. The molecule has 5 nitrogen and oxygen atoms in total. The quantitative estimate of drug-likeness (QED) is 0.251. The fraction of sp³-hybridized carbons (Fsp3) is 0.136. The highest BCUT2D eigenvalue weighted by Gasteiger charge is 2.19. The van der Waals surface area contributed by atoms with Crippen LogP contribution in [0.2, 0.25) is 10.0 Å². The van der Waals surface area contributed by atoms with Gasteiger partial charge in [0.05, 0.1) is 21.3 Å². The second-order valence-corrected chi connectivity index (χ2v) is 9.97. The molecule has 1 atom stereocenters. The zero-order chi connectivity index (χ0) is 22.1. The molecule has 0 bridgehead atoms. The number of fused-ring (bicyclic) bond motifs is 1.